The fraction of sp³-hybridized carbons (Fsp3) is 0.611. The van der Waals surface area contributed by atoms with Gasteiger partial charge in [-0.3, -0.25) is 4.79 Å². The highest BCUT2D eigenvalue weighted by Crippen LogP contribution is 2.24. The number of aryl methyl sites for hydroxylation is 2. The highest BCUT2D eigenvalue weighted by atomic mass is 79.9. The number of nitrogens with zero attached hydrogens (tertiary/aromatic N) is 1. The van der Waals surface area contributed by atoms with Crippen molar-refractivity contribution in [1.29, 1.82) is 0 Å². The Bertz CT molecular complexity index is 449. The molecule has 1 heterocycles. The minimum Gasteiger partial charge on any atom is -0.342 e. The van der Waals surface area contributed by atoms with Crippen LogP contribution < -0.4 is 0 Å². The molecule has 0 bridgehead atoms. The summed E-state index contributed by atoms with van der Waals surface area (Å²) >= 11 is 3.47. The standard InChI is InChI=1S/C18H26BrNO/c1-3-17(19)18(21)20-12-10-16(11-13-20)9-8-15-6-4-14(2)5-7-15/h4-7,16-17H,3,8-13H2,1-2H3. The number of likely N-dealkylation sites (tertiary alicyclic amines) is 1. The largest absolute Gasteiger partial charge is 0.342 e. The molecule has 0 spiro atoms. The molecule has 1 fully saturated rings. The van der Waals surface area contributed by atoms with Crippen molar-refractivity contribution < 1.29 is 4.79 Å². The van der Waals surface area contributed by atoms with Crippen LogP contribution in [0.2, 0.25) is 0 Å². The first kappa shape index (κ1) is 16.5. The predicted octanol–water partition coefficient (Wildman–Crippen LogP) is 4.34. The van der Waals surface area contributed by atoms with Gasteiger partial charge >= 0.3 is 0 Å². The van der Waals surface area contributed by atoms with Gasteiger partial charge in [-0.2, -0.15) is 0 Å². The van der Waals surface area contributed by atoms with E-state index in [2.05, 4.69) is 47.1 Å². The molecule has 21 heavy (non-hydrogen) atoms. The molecule has 1 aliphatic rings. The van der Waals surface area contributed by atoms with Crippen molar-refractivity contribution >= 4 is 21.8 Å². The summed E-state index contributed by atoms with van der Waals surface area (Å²) in [7, 11) is 0. The van der Waals surface area contributed by atoms with Crippen LogP contribution in [0.3, 0.4) is 0 Å². The Kier molecular flexibility index (Phi) is 6.28. The molecule has 1 aliphatic heterocycles. The van der Waals surface area contributed by atoms with E-state index in [9.17, 15) is 4.79 Å². The number of amides is 1. The van der Waals surface area contributed by atoms with Gasteiger partial charge in [0.05, 0.1) is 4.83 Å². The zero-order valence-corrected chi connectivity index (χ0v) is 14.7. The lowest BCUT2D eigenvalue weighted by Crippen LogP contribution is -2.42. The molecule has 0 radical (unpaired) electrons. The first-order valence-corrected chi connectivity index (χ1v) is 9.00. The molecule has 1 unspecified atom stereocenters. The molecule has 0 aliphatic carbocycles. The van der Waals surface area contributed by atoms with Crippen LogP contribution in [0.15, 0.2) is 24.3 Å². The Morgan fingerprint density at radius 3 is 2.48 bits per heavy atom. The topological polar surface area (TPSA) is 20.3 Å². The summed E-state index contributed by atoms with van der Waals surface area (Å²) in [4.78, 5) is 14.2. The molecule has 1 amide bonds. The Balaban J connectivity index is 1.74. The average molecular weight is 352 g/mol. The fourth-order valence-corrected chi connectivity index (χ4v) is 3.23. The molecule has 0 N–H and O–H groups in total. The third-order valence-electron chi connectivity index (χ3n) is 4.51. The van der Waals surface area contributed by atoms with Gasteiger partial charge in [0, 0.05) is 13.1 Å². The van der Waals surface area contributed by atoms with Gasteiger partial charge in [0.15, 0.2) is 0 Å². The van der Waals surface area contributed by atoms with Crippen LogP contribution in [-0.2, 0) is 11.2 Å². The van der Waals surface area contributed by atoms with Gasteiger partial charge in [-0.1, -0.05) is 52.7 Å². The molecule has 1 saturated heterocycles. The van der Waals surface area contributed by atoms with E-state index in [1.165, 1.54) is 17.5 Å². The summed E-state index contributed by atoms with van der Waals surface area (Å²) in [5, 5.41) is 0. The summed E-state index contributed by atoms with van der Waals surface area (Å²) in [6.07, 6.45) is 5.58. The van der Waals surface area contributed by atoms with Gasteiger partial charge in [-0.05, 0) is 50.5 Å². The maximum absolute atomic E-state index is 12.1. The second-order valence-corrected chi connectivity index (χ2v) is 7.27. The van der Waals surface area contributed by atoms with Crippen LogP contribution in [0, 0.1) is 12.8 Å². The molecule has 116 valence electrons. The molecule has 1 atom stereocenters. The monoisotopic (exact) mass is 351 g/mol. The number of piperidine rings is 1. The second-order valence-electron chi connectivity index (χ2n) is 6.17. The molecule has 1 aromatic carbocycles. The summed E-state index contributed by atoms with van der Waals surface area (Å²) < 4.78 is 0. The lowest BCUT2D eigenvalue weighted by molar-refractivity contribution is -0.131. The van der Waals surface area contributed by atoms with Gasteiger partial charge in [-0.25, -0.2) is 0 Å². The highest BCUT2D eigenvalue weighted by Gasteiger charge is 2.25. The van der Waals surface area contributed by atoms with Crippen molar-refractivity contribution in [1.82, 2.24) is 4.90 Å². The van der Waals surface area contributed by atoms with Gasteiger partial charge in [-0.15, -0.1) is 0 Å². The molecular weight excluding hydrogens is 326 g/mol. The molecule has 0 saturated carbocycles. The smallest absolute Gasteiger partial charge is 0.236 e. The van der Waals surface area contributed by atoms with E-state index < -0.39 is 0 Å². The molecule has 2 nitrogen and oxygen atoms in total. The van der Waals surface area contributed by atoms with Gasteiger partial charge in [0.1, 0.15) is 0 Å². The number of carbonyl (C=O) groups is 1. The summed E-state index contributed by atoms with van der Waals surface area (Å²) in [5.41, 5.74) is 2.76. The highest BCUT2D eigenvalue weighted by molar-refractivity contribution is 9.10. The van der Waals surface area contributed by atoms with Crippen molar-refractivity contribution in [2.45, 2.75) is 50.8 Å². The van der Waals surface area contributed by atoms with Crippen LogP contribution >= 0.6 is 15.9 Å². The van der Waals surface area contributed by atoms with Gasteiger partial charge < -0.3 is 4.90 Å². The number of hydrogen-bond donors (Lipinski definition) is 0. The third kappa shape index (κ3) is 4.84. The zero-order valence-electron chi connectivity index (χ0n) is 13.1. The van der Waals surface area contributed by atoms with Crippen LogP contribution in [0.25, 0.3) is 0 Å². The van der Waals surface area contributed by atoms with E-state index in [1.54, 1.807) is 0 Å². The normalized spacial score (nSPS) is 17.8. The average Bonchev–Trinajstić information content (AvgIpc) is 2.53. The van der Waals surface area contributed by atoms with E-state index in [0.29, 0.717) is 0 Å². The maximum atomic E-state index is 12.1. The Hall–Kier alpha value is -0.830. The first-order valence-electron chi connectivity index (χ1n) is 8.08. The molecular formula is C18H26BrNO. The van der Waals surface area contributed by atoms with Crippen molar-refractivity contribution in [2.24, 2.45) is 5.92 Å². The van der Waals surface area contributed by atoms with Crippen LogP contribution in [0.4, 0.5) is 0 Å². The second kappa shape index (κ2) is 7.98. The SMILES string of the molecule is CCC(Br)C(=O)N1CCC(CCc2ccc(C)cc2)CC1. The number of carbonyl (C=O) groups excluding carboxylic acids is 1. The quantitative estimate of drug-likeness (QED) is 0.722. The van der Waals surface area contributed by atoms with Crippen molar-refractivity contribution in [3.63, 3.8) is 0 Å². The van der Waals surface area contributed by atoms with E-state index in [4.69, 9.17) is 0 Å². The third-order valence-corrected chi connectivity index (χ3v) is 5.55. The minimum absolute atomic E-state index is 0.00149. The Morgan fingerprint density at radius 2 is 1.90 bits per heavy atom. The predicted molar refractivity (Wildman–Crippen MR) is 91.8 cm³/mol. The number of halogens is 1. The Morgan fingerprint density at radius 1 is 1.29 bits per heavy atom. The van der Waals surface area contributed by atoms with Crippen LogP contribution in [-0.4, -0.2) is 28.7 Å². The maximum Gasteiger partial charge on any atom is 0.236 e. The summed E-state index contributed by atoms with van der Waals surface area (Å²) in [6.45, 7) is 6.04. The molecule has 3 heteroatoms. The molecule has 2 rings (SSSR count). The summed E-state index contributed by atoms with van der Waals surface area (Å²) in [6, 6.07) is 8.87. The zero-order chi connectivity index (χ0) is 15.2. The first-order chi connectivity index (χ1) is 10.1. The van der Waals surface area contributed by atoms with Gasteiger partial charge in [0.25, 0.3) is 0 Å². The minimum atomic E-state index is 0.00149. The van der Waals surface area contributed by atoms with E-state index in [1.807, 2.05) is 11.8 Å². The number of rotatable bonds is 5. The molecule has 0 aromatic heterocycles. The lowest BCUT2D eigenvalue weighted by Gasteiger charge is -2.33. The lowest BCUT2D eigenvalue weighted by atomic mass is 9.90. The van der Waals surface area contributed by atoms with Crippen LogP contribution in [0.5, 0.6) is 0 Å². The van der Waals surface area contributed by atoms with E-state index in [0.717, 1.165) is 44.7 Å². The van der Waals surface area contributed by atoms with Crippen molar-refractivity contribution in [2.75, 3.05) is 13.1 Å². The molecule has 1 aromatic rings. The van der Waals surface area contributed by atoms with Crippen molar-refractivity contribution in [3.05, 3.63) is 35.4 Å². The number of alkyl halides is 1. The summed E-state index contributed by atoms with van der Waals surface area (Å²) in [5.74, 6) is 1.04. The van der Waals surface area contributed by atoms with Gasteiger partial charge in [0.2, 0.25) is 5.91 Å². The number of hydrogen-bond acceptors (Lipinski definition) is 1. The Labute approximate surface area is 137 Å². The fourth-order valence-electron chi connectivity index (χ4n) is 2.94. The van der Waals surface area contributed by atoms with Crippen LogP contribution in [0.1, 0.15) is 43.7 Å². The van der Waals surface area contributed by atoms with E-state index in [-0.39, 0.29) is 10.7 Å². The number of benzene rings is 1. The van der Waals surface area contributed by atoms with Crippen molar-refractivity contribution in [3.8, 4) is 0 Å². The van der Waals surface area contributed by atoms with E-state index >= 15 is 0 Å².